The summed E-state index contributed by atoms with van der Waals surface area (Å²) in [5.41, 5.74) is 8.62. The molecule has 0 aromatic carbocycles. The molecule has 6 nitrogen and oxygen atoms in total. The highest BCUT2D eigenvalue weighted by Crippen LogP contribution is 2.12. The Bertz CT molecular complexity index is 355. The van der Waals surface area contributed by atoms with Crippen molar-refractivity contribution in [3.8, 4) is 0 Å². The lowest BCUT2D eigenvalue weighted by Gasteiger charge is -2.19. The van der Waals surface area contributed by atoms with E-state index in [1.54, 1.807) is 6.20 Å². The van der Waals surface area contributed by atoms with Gasteiger partial charge < -0.3 is 11.2 Å². The number of carbonyl (C=O) groups is 1. The van der Waals surface area contributed by atoms with Crippen molar-refractivity contribution in [2.75, 3.05) is 18.5 Å². The standard InChI is InChI=1S/C10H17N5O/c1-2-15(7-9(11)16)6-8-4-3-5-13-10(8)14-12/h3-5H,2,6-7,12H2,1H3,(H2,11,16)(H,13,14). The molecule has 0 aliphatic carbocycles. The summed E-state index contributed by atoms with van der Waals surface area (Å²) in [6.07, 6.45) is 1.66. The number of aromatic nitrogens is 1. The fourth-order valence-electron chi connectivity index (χ4n) is 1.44. The summed E-state index contributed by atoms with van der Waals surface area (Å²) in [5, 5.41) is 0. The Morgan fingerprint density at radius 1 is 1.62 bits per heavy atom. The summed E-state index contributed by atoms with van der Waals surface area (Å²) in [7, 11) is 0. The fourth-order valence-corrected chi connectivity index (χ4v) is 1.44. The molecule has 1 amide bonds. The van der Waals surface area contributed by atoms with E-state index < -0.39 is 0 Å². The van der Waals surface area contributed by atoms with Gasteiger partial charge in [-0.1, -0.05) is 13.0 Å². The van der Waals surface area contributed by atoms with Gasteiger partial charge in [-0.2, -0.15) is 0 Å². The van der Waals surface area contributed by atoms with Crippen LogP contribution in [0.5, 0.6) is 0 Å². The number of amides is 1. The van der Waals surface area contributed by atoms with Crippen LogP contribution in [0.25, 0.3) is 0 Å². The van der Waals surface area contributed by atoms with Crippen LogP contribution in [0.3, 0.4) is 0 Å². The van der Waals surface area contributed by atoms with E-state index in [4.69, 9.17) is 11.6 Å². The molecule has 88 valence electrons. The number of pyridine rings is 1. The van der Waals surface area contributed by atoms with Crippen LogP contribution < -0.4 is 17.0 Å². The number of likely N-dealkylation sites (N-methyl/N-ethyl adjacent to an activating group) is 1. The number of nitrogens with two attached hydrogens (primary N) is 2. The minimum absolute atomic E-state index is 0.232. The van der Waals surface area contributed by atoms with Crippen LogP contribution in [0.1, 0.15) is 12.5 Å². The molecule has 0 fully saturated rings. The second-order valence-corrected chi connectivity index (χ2v) is 3.43. The summed E-state index contributed by atoms with van der Waals surface area (Å²) in [6.45, 7) is 3.53. The van der Waals surface area contributed by atoms with Crippen LogP contribution in [0, 0.1) is 0 Å². The molecule has 5 N–H and O–H groups in total. The molecule has 0 spiro atoms. The van der Waals surface area contributed by atoms with Crippen LogP contribution in [0.4, 0.5) is 5.82 Å². The van der Waals surface area contributed by atoms with Crippen LogP contribution in [0.2, 0.25) is 0 Å². The Morgan fingerprint density at radius 3 is 2.94 bits per heavy atom. The first kappa shape index (κ1) is 12.4. The third kappa shape index (κ3) is 3.48. The van der Waals surface area contributed by atoms with Crippen molar-refractivity contribution in [3.05, 3.63) is 23.9 Å². The lowest BCUT2D eigenvalue weighted by atomic mass is 10.2. The molecule has 6 heteroatoms. The first-order chi connectivity index (χ1) is 7.67. The van der Waals surface area contributed by atoms with Crippen molar-refractivity contribution in [3.63, 3.8) is 0 Å². The van der Waals surface area contributed by atoms with Gasteiger partial charge in [0.1, 0.15) is 5.82 Å². The maximum Gasteiger partial charge on any atom is 0.231 e. The molecule has 0 radical (unpaired) electrons. The molecule has 1 rings (SSSR count). The van der Waals surface area contributed by atoms with Gasteiger partial charge in [-0.05, 0) is 12.6 Å². The van der Waals surface area contributed by atoms with E-state index >= 15 is 0 Å². The predicted octanol–water partition coefficient (Wildman–Crippen LogP) is -0.326. The van der Waals surface area contributed by atoms with Gasteiger partial charge in [0.25, 0.3) is 0 Å². The number of nitrogens with one attached hydrogen (secondary N) is 1. The molecule has 1 aromatic heterocycles. The van der Waals surface area contributed by atoms with Gasteiger partial charge in [-0.25, -0.2) is 10.8 Å². The molecule has 0 aliphatic rings. The highest BCUT2D eigenvalue weighted by molar-refractivity contribution is 5.75. The zero-order valence-electron chi connectivity index (χ0n) is 9.31. The molecule has 1 aromatic rings. The van der Waals surface area contributed by atoms with Crippen LogP contribution in [0.15, 0.2) is 18.3 Å². The number of anilines is 1. The van der Waals surface area contributed by atoms with Crippen molar-refractivity contribution >= 4 is 11.7 Å². The Hall–Kier alpha value is -1.66. The fraction of sp³-hybridized carbons (Fsp3) is 0.400. The van der Waals surface area contributed by atoms with E-state index in [1.165, 1.54) is 0 Å². The van der Waals surface area contributed by atoms with Crippen LogP contribution >= 0.6 is 0 Å². The number of primary amides is 1. The predicted molar refractivity (Wildman–Crippen MR) is 62.2 cm³/mol. The minimum Gasteiger partial charge on any atom is -0.369 e. The summed E-state index contributed by atoms with van der Waals surface area (Å²) < 4.78 is 0. The normalized spacial score (nSPS) is 10.4. The van der Waals surface area contributed by atoms with Crippen molar-refractivity contribution in [2.24, 2.45) is 11.6 Å². The molecule has 0 bridgehead atoms. The average Bonchev–Trinajstić information content (AvgIpc) is 2.28. The van der Waals surface area contributed by atoms with Gasteiger partial charge in [-0.15, -0.1) is 0 Å². The lowest BCUT2D eigenvalue weighted by Crippen LogP contribution is -2.33. The first-order valence-electron chi connectivity index (χ1n) is 5.08. The number of hydrogen-bond acceptors (Lipinski definition) is 5. The number of nitrogen functional groups attached to an aromatic ring is 1. The van der Waals surface area contributed by atoms with Crippen molar-refractivity contribution < 1.29 is 4.79 Å². The first-order valence-corrected chi connectivity index (χ1v) is 5.08. The van der Waals surface area contributed by atoms with Crippen molar-refractivity contribution in [1.82, 2.24) is 9.88 Å². The molecule has 1 heterocycles. The van der Waals surface area contributed by atoms with Gasteiger partial charge in [0, 0.05) is 18.3 Å². The SMILES string of the molecule is CCN(CC(N)=O)Cc1cccnc1NN. The number of rotatable bonds is 6. The maximum atomic E-state index is 10.8. The Labute approximate surface area is 94.6 Å². The van der Waals surface area contributed by atoms with E-state index in [9.17, 15) is 4.79 Å². The smallest absolute Gasteiger partial charge is 0.231 e. The Balaban J connectivity index is 2.73. The molecule has 0 atom stereocenters. The second-order valence-electron chi connectivity index (χ2n) is 3.43. The topological polar surface area (TPSA) is 97.3 Å². The van der Waals surface area contributed by atoms with E-state index in [0.29, 0.717) is 12.4 Å². The highest BCUT2D eigenvalue weighted by atomic mass is 16.1. The quantitative estimate of drug-likeness (QED) is 0.453. The molecule has 0 unspecified atom stereocenters. The molecule has 0 saturated heterocycles. The maximum absolute atomic E-state index is 10.8. The summed E-state index contributed by atoms with van der Waals surface area (Å²) in [4.78, 5) is 16.8. The highest BCUT2D eigenvalue weighted by Gasteiger charge is 2.09. The summed E-state index contributed by atoms with van der Waals surface area (Å²) >= 11 is 0. The van der Waals surface area contributed by atoms with E-state index in [-0.39, 0.29) is 12.5 Å². The number of nitrogens with zero attached hydrogens (tertiary/aromatic N) is 2. The van der Waals surface area contributed by atoms with E-state index in [0.717, 1.165) is 12.1 Å². The van der Waals surface area contributed by atoms with Crippen molar-refractivity contribution in [1.29, 1.82) is 0 Å². The van der Waals surface area contributed by atoms with Gasteiger partial charge in [0.2, 0.25) is 5.91 Å². The number of hydrogen-bond donors (Lipinski definition) is 3. The van der Waals surface area contributed by atoms with E-state index in [1.807, 2.05) is 24.0 Å². The Kier molecular flexibility index (Phi) is 4.68. The molecular formula is C10H17N5O. The zero-order chi connectivity index (χ0) is 12.0. The summed E-state index contributed by atoms with van der Waals surface area (Å²) in [6, 6.07) is 3.74. The second kappa shape index (κ2) is 6.04. The van der Waals surface area contributed by atoms with Gasteiger partial charge in [0.15, 0.2) is 0 Å². The van der Waals surface area contributed by atoms with Crippen LogP contribution in [-0.2, 0) is 11.3 Å². The number of hydrazine groups is 1. The minimum atomic E-state index is -0.340. The van der Waals surface area contributed by atoms with Gasteiger partial charge in [0.05, 0.1) is 6.54 Å². The lowest BCUT2D eigenvalue weighted by molar-refractivity contribution is -0.119. The average molecular weight is 223 g/mol. The molecule has 0 aliphatic heterocycles. The molecule has 0 saturated carbocycles. The van der Waals surface area contributed by atoms with E-state index in [2.05, 4.69) is 10.4 Å². The molecular weight excluding hydrogens is 206 g/mol. The third-order valence-corrected chi connectivity index (χ3v) is 2.25. The third-order valence-electron chi connectivity index (χ3n) is 2.25. The summed E-state index contributed by atoms with van der Waals surface area (Å²) in [5.74, 6) is 5.62. The number of carbonyl (C=O) groups excluding carboxylic acids is 1. The zero-order valence-corrected chi connectivity index (χ0v) is 9.31. The monoisotopic (exact) mass is 223 g/mol. The largest absolute Gasteiger partial charge is 0.369 e. The Morgan fingerprint density at radius 2 is 2.38 bits per heavy atom. The van der Waals surface area contributed by atoms with Crippen molar-refractivity contribution in [2.45, 2.75) is 13.5 Å². The molecule has 16 heavy (non-hydrogen) atoms. The van der Waals surface area contributed by atoms with Crippen LogP contribution in [-0.4, -0.2) is 28.9 Å². The van der Waals surface area contributed by atoms with Gasteiger partial charge in [-0.3, -0.25) is 9.69 Å². The van der Waals surface area contributed by atoms with Gasteiger partial charge >= 0.3 is 0 Å².